The molecule has 15 heteroatoms. The molecule has 3 heterocycles. The predicted molar refractivity (Wildman–Crippen MR) is 138 cm³/mol. The van der Waals surface area contributed by atoms with Gasteiger partial charge in [0, 0.05) is 16.7 Å². The molecule has 5 rings (SSSR count). The highest BCUT2D eigenvalue weighted by molar-refractivity contribution is 6.31. The fourth-order valence-electron chi connectivity index (χ4n) is 4.24. The van der Waals surface area contributed by atoms with Crippen molar-refractivity contribution in [2.45, 2.75) is 32.5 Å². The maximum Gasteiger partial charge on any atom is 0.459 e. The van der Waals surface area contributed by atoms with Crippen molar-refractivity contribution in [2.24, 2.45) is 0 Å². The van der Waals surface area contributed by atoms with Gasteiger partial charge in [-0.25, -0.2) is 18.3 Å². The van der Waals surface area contributed by atoms with Crippen LogP contribution >= 0.6 is 11.6 Å². The molecule has 42 heavy (non-hydrogen) atoms. The van der Waals surface area contributed by atoms with Crippen LogP contribution in [0.1, 0.15) is 33.1 Å². The van der Waals surface area contributed by atoms with Crippen LogP contribution in [-0.4, -0.2) is 36.5 Å². The first-order chi connectivity index (χ1) is 19.7. The Labute approximate surface area is 237 Å². The first kappa shape index (κ1) is 29.0. The first-order valence-electron chi connectivity index (χ1n) is 12.1. The second-order valence-electron chi connectivity index (χ2n) is 9.30. The number of aryl methyl sites for hydroxylation is 1. The number of halogens is 8. The third kappa shape index (κ3) is 5.29. The van der Waals surface area contributed by atoms with Crippen LogP contribution in [0.25, 0.3) is 16.9 Å². The van der Waals surface area contributed by atoms with Gasteiger partial charge in [0.05, 0.1) is 29.3 Å². The normalized spacial score (nSPS) is 12.2. The third-order valence-electron chi connectivity index (χ3n) is 6.43. The molecular weight excluding hydrogens is 593 g/mol. The topological polar surface area (TPSA) is 77.1 Å². The SMILES string of the molecule is Cc1nn(Cc2ccc(F)cc2Cl)c(C)c1NC(=O)c1cc2nc(-c3ccc(F)cc3)cc(C(F)(F)C(F)(F)F)n2n1. The number of benzene rings is 2. The van der Waals surface area contributed by atoms with E-state index in [2.05, 4.69) is 20.5 Å². The van der Waals surface area contributed by atoms with Gasteiger partial charge in [-0.05, 0) is 61.9 Å². The number of rotatable bonds is 6. The second-order valence-corrected chi connectivity index (χ2v) is 9.71. The summed E-state index contributed by atoms with van der Waals surface area (Å²) in [4.78, 5) is 17.2. The summed E-state index contributed by atoms with van der Waals surface area (Å²) in [6, 6.07) is 9.59. The van der Waals surface area contributed by atoms with E-state index in [0.717, 1.165) is 36.4 Å². The lowest BCUT2D eigenvalue weighted by Gasteiger charge is -2.21. The summed E-state index contributed by atoms with van der Waals surface area (Å²) in [5.74, 6) is -7.49. The van der Waals surface area contributed by atoms with Crippen LogP contribution in [0.4, 0.5) is 36.4 Å². The monoisotopic (exact) mass is 610 g/mol. The zero-order valence-corrected chi connectivity index (χ0v) is 22.3. The molecule has 3 aromatic heterocycles. The number of anilines is 1. The van der Waals surface area contributed by atoms with E-state index < -0.39 is 46.7 Å². The minimum Gasteiger partial charge on any atom is -0.317 e. The zero-order valence-electron chi connectivity index (χ0n) is 21.6. The highest BCUT2D eigenvalue weighted by Crippen LogP contribution is 2.44. The summed E-state index contributed by atoms with van der Waals surface area (Å²) >= 11 is 6.10. The average molecular weight is 611 g/mol. The van der Waals surface area contributed by atoms with E-state index in [1.54, 1.807) is 13.8 Å². The second kappa shape index (κ2) is 10.4. The van der Waals surface area contributed by atoms with E-state index in [-0.39, 0.29) is 33.0 Å². The fraction of sp³-hybridized carbons (Fsp3) is 0.185. The molecule has 0 aliphatic carbocycles. The molecule has 0 atom stereocenters. The van der Waals surface area contributed by atoms with Crippen molar-refractivity contribution in [3.8, 4) is 11.3 Å². The molecule has 0 unspecified atom stereocenters. The number of hydrogen-bond donors (Lipinski definition) is 1. The Bertz CT molecular complexity index is 1830. The average Bonchev–Trinajstić information content (AvgIpc) is 3.46. The molecular formula is C27H18ClF7N6O. The number of carbonyl (C=O) groups excluding carboxylic acids is 1. The Morgan fingerprint density at radius 1 is 0.929 bits per heavy atom. The molecule has 0 bridgehead atoms. The molecule has 0 radical (unpaired) electrons. The molecule has 5 aromatic rings. The van der Waals surface area contributed by atoms with E-state index in [4.69, 9.17) is 11.6 Å². The van der Waals surface area contributed by atoms with Crippen molar-refractivity contribution in [1.82, 2.24) is 24.4 Å². The summed E-state index contributed by atoms with van der Waals surface area (Å²) in [6.45, 7) is 3.32. The number of amides is 1. The summed E-state index contributed by atoms with van der Waals surface area (Å²) in [6.07, 6.45) is -5.99. The molecule has 1 N–H and O–H groups in total. The number of fused-ring (bicyclic) bond motifs is 1. The van der Waals surface area contributed by atoms with Crippen molar-refractivity contribution >= 4 is 28.8 Å². The summed E-state index contributed by atoms with van der Waals surface area (Å²) in [5, 5.41) is 10.8. The molecule has 0 saturated carbocycles. The van der Waals surface area contributed by atoms with Gasteiger partial charge in [0.2, 0.25) is 0 Å². The molecule has 0 spiro atoms. The molecule has 7 nitrogen and oxygen atoms in total. The van der Waals surface area contributed by atoms with E-state index in [0.29, 0.717) is 23.0 Å². The van der Waals surface area contributed by atoms with Crippen molar-refractivity contribution in [3.05, 3.63) is 99.6 Å². The largest absolute Gasteiger partial charge is 0.459 e. The Balaban J connectivity index is 1.52. The maximum absolute atomic E-state index is 14.6. The molecule has 1 amide bonds. The van der Waals surface area contributed by atoms with Crippen molar-refractivity contribution in [3.63, 3.8) is 0 Å². The standard InChI is InChI=1S/C27H18ClF7N6O/c1-13-24(14(2)40(38-13)12-16-5-8-18(30)9-19(16)28)37-25(42)21-11-23-36-20(15-3-6-17(29)7-4-15)10-22(41(23)39-21)26(31,32)27(33,34)35/h3-11H,12H2,1-2H3,(H,37,42). The van der Waals surface area contributed by atoms with E-state index in [1.165, 1.54) is 16.8 Å². The molecule has 0 aliphatic heterocycles. The molecule has 0 aliphatic rings. The summed E-state index contributed by atoms with van der Waals surface area (Å²) in [7, 11) is 0. The smallest absolute Gasteiger partial charge is 0.317 e. The zero-order chi connectivity index (χ0) is 30.6. The van der Waals surface area contributed by atoms with Crippen LogP contribution in [0.3, 0.4) is 0 Å². The Morgan fingerprint density at radius 3 is 2.24 bits per heavy atom. The van der Waals surface area contributed by atoms with Gasteiger partial charge in [0.1, 0.15) is 17.3 Å². The van der Waals surface area contributed by atoms with Crippen LogP contribution in [0.5, 0.6) is 0 Å². The van der Waals surface area contributed by atoms with Crippen LogP contribution in [0, 0.1) is 25.5 Å². The van der Waals surface area contributed by atoms with Gasteiger partial charge in [-0.1, -0.05) is 17.7 Å². The number of nitrogens with zero attached hydrogens (tertiary/aromatic N) is 5. The fourth-order valence-corrected chi connectivity index (χ4v) is 4.47. The Hall–Kier alpha value is -4.46. The summed E-state index contributed by atoms with van der Waals surface area (Å²) in [5.41, 5.74) is -1.25. The molecule has 0 fully saturated rings. The highest BCUT2D eigenvalue weighted by Gasteiger charge is 2.60. The lowest BCUT2D eigenvalue weighted by molar-refractivity contribution is -0.291. The van der Waals surface area contributed by atoms with Crippen molar-refractivity contribution in [1.29, 1.82) is 0 Å². The number of aromatic nitrogens is 5. The quantitative estimate of drug-likeness (QED) is 0.208. The van der Waals surface area contributed by atoms with Crippen LogP contribution in [0.2, 0.25) is 5.02 Å². The maximum atomic E-state index is 14.6. The minimum atomic E-state index is -5.99. The van der Waals surface area contributed by atoms with E-state index in [9.17, 15) is 35.5 Å². The van der Waals surface area contributed by atoms with Gasteiger partial charge in [0.15, 0.2) is 11.3 Å². The lowest BCUT2D eigenvalue weighted by atomic mass is 10.1. The third-order valence-corrected chi connectivity index (χ3v) is 6.78. The predicted octanol–water partition coefficient (Wildman–Crippen LogP) is 7.10. The highest BCUT2D eigenvalue weighted by atomic mass is 35.5. The molecule has 218 valence electrons. The van der Waals surface area contributed by atoms with Gasteiger partial charge in [-0.2, -0.15) is 32.1 Å². The van der Waals surface area contributed by atoms with Gasteiger partial charge in [0.25, 0.3) is 5.91 Å². The Morgan fingerprint density at radius 2 is 1.60 bits per heavy atom. The van der Waals surface area contributed by atoms with Gasteiger partial charge in [-0.3, -0.25) is 9.48 Å². The van der Waals surface area contributed by atoms with Crippen LogP contribution in [-0.2, 0) is 12.5 Å². The van der Waals surface area contributed by atoms with E-state index >= 15 is 0 Å². The van der Waals surface area contributed by atoms with Gasteiger partial charge >= 0.3 is 12.1 Å². The summed E-state index contributed by atoms with van der Waals surface area (Å²) < 4.78 is 98.0. The minimum absolute atomic E-state index is 0.0604. The number of hydrogen-bond acceptors (Lipinski definition) is 4. The van der Waals surface area contributed by atoms with Crippen LogP contribution in [0.15, 0.2) is 54.6 Å². The van der Waals surface area contributed by atoms with E-state index in [1.807, 2.05) is 0 Å². The number of carbonyl (C=O) groups is 1. The van der Waals surface area contributed by atoms with Gasteiger partial charge in [-0.15, -0.1) is 0 Å². The lowest BCUT2D eigenvalue weighted by Crippen LogP contribution is -2.36. The number of nitrogens with one attached hydrogen (secondary N) is 1. The molecule has 0 saturated heterocycles. The first-order valence-corrected chi connectivity index (χ1v) is 12.4. The number of alkyl halides is 5. The molecule has 2 aromatic carbocycles. The van der Waals surface area contributed by atoms with Crippen molar-refractivity contribution < 1.29 is 35.5 Å². The van der Waals surface area contributed by atoms with Crippen LogP contribution < -0.4 is 5.32 Å². The van der Waals surface area contributed by atoms with Crippen molar-refractivity contribution in [2.75, 3.05) is 5.32 Å². The van der Waals surface area contributed by atoms with Gasteiger partial charge < -0.3 is 5.32 Å². The Kier molecular flexibility index (Phi) is 7.21.